The second-order valence-corrected chi connectivity index (χ2v) is 10.7. The van der Waals surface area contributed by atoms with Gasteiger partial charge in [0.05, 0.1) is 12.6 Å². The van der Waals surface area contributed by atoms with Crippen molar-refractivity contribution in [3.63, 3.8) is 0 Å². The van der Waals surface area contributed by atoms with E-state index < -0.39 is 18.1 Å². The molecule has 0 radical (unpaired) electrons. The van der Waals surface area contributed by atoms with Gasteiger partial charge in [0, 0.05) is 51.9 Å². The van der Waals surface area contributed by atoms with E-state index in [2.05, 4.69) is 25.0 Å². The fourth-order valence-electron chi connectivity index (χ4n) is 5.43. The van der Waals surface area contributed by atoms with E-state index in [1.165, 1.54) is 12.1 Å². The van der Waals surface area contributed by atoms with Crippen molar-refractivity contribution in [2.24, 2.45) is 5.92 Å². The van der Waals surface area contributed by atoms with Gasteiger partial charge in [0.25, 0.3) is 5.89 Å². The number of ether oxygens (including phenoxy) is 1. The van der Waals surface area contributed by atoms with E-state index in [0.29, 0.717) is 29.2 Å². The van der Waals surface area contributed by atoms with E-state index in [1.807, 2.05) is 32.0 Å². The molecular formula is C29H26F3N5O4. The highest BCUT2D eigenvalue weighted by Crippen LogP contribution is 2.41. The summed E-state index contributed by atoms with van der Waals surface area (Å²) in [6, 6.07) is 9.76. The maximum Gasteiger partial charge on any atom is 0.573 e. The normalized spacial score (nSPS) is 15.1. The maximum absolute atomic E-state index is 13.1. The zero-order chi connectivity index (χ0) is 28.9. The summed E-state index contributed by atoms with van der Waals surface area (Å²) in [6.45, 7) is 4.75. The lowest BCUT2D eigenvalue weighted by atomic mass is 10.0. The third-order valence-corrected chi connectivity index (χ3v) is 7.10. The Kier molecular flexibility index (Phi) is 6.55. The van der Waals surface area contributed by atoms with Gasteiger partial charge >= 0.3 is 12.3 Å². The number of nitrogens with one attached hydrogen (secondary N) is 1. The smallest absolute Gasteiger partial charge is 0.481 e. The highest BCUT2D eigenvalue weighted by molar-refractivity contribution is 5.89. The summed E-state index contributed by atoms with van der Waals surface area (Å²) in [7, 11) is 0. The molecule has 0 bridgehead atoms. The minimum absolute atomic E-state index is 0.0318. The number of hydrogen-bond acceptors (Lipinski definition) is 6. The molecule has 6 rings (SSSR count). The summed E-state index contributed by atoms with van der Waals surface area (Å²) in [4.78, 5) is 19.1. The topological polar surface area (TPSA) is 119 Å². The van der Waals surface area contributed by atoms with Gasteiger partial charge < -0.3 is 19.4 Å². The van der Waals surface area contributed by atoms with Crippen molar-refractivity contribution in [3.05, 3.63) is 60.0 Å². The number of alkyl halides is 3. The number of carbonyl (C=O) groups is 1. The van der Waals surface area contributed by atoms with Crippen molar-refractivity contribution >= 4 is 16.9 Å². The molecule has 0 spiro atoms. The van der Waals surface area contributed by atoms with Gasteiger partial charge in [-0.1, -0.05) is 19.0 Å². The molecule has 2 aromatic carbocycles. The van der Waals surface area contributed by atoms with Gasteiger partial charge in [-0.25, -0.2) is 0 Å². The van der Waals surface area contributed by atoms with E-state index in [4.69, 9.17) is 4.52 Å². The molecule has 3 heterocycles. The van der Waals surface area contributed by atoms with Crippen LogP contribution in [0.25, 0.3) is 44.9 Å². The Hall–Kier alpha value is -4.61. The number of nitrogens with zero attached hydrogens (tertiary/aromatic N) is 4. The van der Waals surface area contributed by atoms with Gasteiger partial charge in [-0.2, -0.15) is 10.1 Å². The van der Waals surface area contributed by atoms with Crippen molar-refractivity contribution < 1.29 is 32.3 Å². The number of rotatable bonds is 8. The average Bonchev–Trinajstić information content (AvgIpc) is 3.67. The lowest BCUT2D eigenvalue weighted by molar-refractivity contribution is -0.274. The second-order valence-electron chi connectivity index (χ2n) is 10.7. The molecule has 12 heteroatoms. The van der Waals surface area contributed by atoms with Gasteiger partial charge in [-0.05, 0) is 66.3 Å². The van der Waals surface area contributed by atoms with Crippen molar-refractivity contribution in [2.75, 3.05) is 0 Å². The summed E-state index contributed by atoms with van der Waals surface area (Å²) >= 11 is 0. The Morgan fingerprint density at radius 3 is 2.73 bits per heavy atom. The van der Waals surface area contributed by atoms with Crippen LogP contribution in [0, 0.1) is 5.92 Å². The first-order valence-corrected chi connectivity index (χ1v) is 13.2. The first-order chi connectivity index (χ1) is 19.5. The molecule has 1 unspecified atom stereocenters. The minimum atomic E-state index is -4.88. The molecule has 212 valence electrons. The summed E-state index contributed by atoms with van der Waals surface area (Å²) in [5, 5.41) is 18.6. The zero-order valence-corrected chi connectivity index (χ0v) is 22.2. The molecule has 41 heavy (non-hydrogen) atoms. The van der Waals surface area contributed by atoms with Crippen LogP contribution in [-0.2, 0) is 17.8 Å². The third-order valence-electron chi connectivity index (χ3n) is 7.10. The Bertz CT molecular complexity index is 1750. The number of aromatic nitrogens is 5. The molecular weight excluding hydrogens is 539 g/mol. The SMILES string of the molecule is CC(C)Cn1cc(-c2cc(OC(F)(F)F)cc(-c3nc(-c4ccc5[nH]c6c(c5c4)CCC6CC(=O)O)no3)c2)cn1. The first kappa shape index (κ1) is 26.6. The van der Waals surface area contributed by atoms with Crippen molar-refractivity contribution in [2.45, 2.75) is 51.9 Å². The molecule has 1 aliphatic rings. The lowest BCUT2D eigenvalue weighted by Gasteiger charge is -2.11. The van der Waals surface area contributed by atoms with Crippen molar-refractivity contribution in [3.8, 4) is 39.7 Å². The van der Waals surface area contributed by atoms with Gasteiger partial charge in [0.15, 0.2) is 0 Å². The third kappa shape index (κ3) is 5.54. The van der Waals surface area contributed by atoms with E-state index in [0.717, 1.165) is 35.0 Å². The molecule has 9 nitrogen and oxygen atoms in total. The van der Waals surface area contributed by atoms with E-state index in [9.17, 15) is 23.1 Å². The second kappa shape index (κ2) is 10.1. The molecule has 0 saturated heterocycles. The molecule has 5 aromatic rings. The average molecular weight is 566 g/mol. The number of carboxylic acids is 1. The molecule has 0 fully saturated rings. The number of H-pyrrole nitrogens is 1. The summed E-state index contributed by atoms with van der Waals surface area (Å²) in [5.74, 6) is -0.671. The molecule has 1 aliphatic carbocycles. The van der Waals surface area contributed by atoms with Crippen LogP contribution in [-0.4, -0.2) is 42.3 Å². The predicted molar refractivity (Wildman–Crippen MR) is 143 cm³/mol. The minimum Gasteiger partial charge on any atom is -0.481 e. The number of halogens is 3. The van der Waals surface area contributed by atoms with Crippen LogP contribution < -0.4 is 4.74 Å². The van der Waals surface area contributed by atoms with Gasteiger partial charge in [-0.15, -0.1) is 13.2 Å². The van der Waals surface area contributed by atoms with Gasteiger partial charge in [0.2, 0.25) is 5.82 Å². The van der Waals surface area contributed by atoms with Crippen molar-refractivity contribution in [1.29, 1.82) is 0 Å². The number of hydrogen-bond donors (Lipinski definition) is 2. The maximum atomic E-state index is 13.1. The first-order valence-electron chi connectivity index (χ1n) is 13.2. The number of aromatic amines is 1. The number of aryl methyl sites for hydroxylation is 1. The highest BCUT2D eigenvalue weighted by atomic mass is 19.4. The van der Waals surface area contributed by atoms with Crippen molar-refractivity contribution in [1.82, 2.24) is 24.9 Å². The van der Waals surface area contributed by atoms with Crippen LogP contribution in [0.2, 0.25) is 0 Å². The number of carboxylic acid groups (broad SMARTS) is 1. The predicted octanol–water partition coefficient (Wildman–Crippen LogP) is 6.81. The van der Waals surface area contributed by atoms with Gasteiger partial charge in [0.1, 0.15) is 5.75 Å². The van der Waals surface area contributed by atoms with Crippen LogP contribution in [0.15, 0.2) is 53.3 Å². The van der Waals surface area contributed by atoms with Crippen LogP contribution in [0.3, 0.4) is 0 Å². The Labute approximate surface area is 231 Å². The Morgan fingerprint density at radius 2 is 1.98 bits per heavy atom. The van der Waals surface area contributed by atoms with E-state index >= 15 is 0 Å². The van der Waals surface area contributed by atoms with E-state index in [1.54, 1.807) is 23.1 Å². The monoisotopic (exact) mass is 565 g/mol. The van der Waals surface area contributed by atoms with Crippen LogP contribution in [0.1, 0.15) is 43.9 Å². The lowest BCUT2D eigenvalue weighted by Crippen LogP contribution is -2.17. The standard InChI is InChI=1S/C29H26F3N5O4/c1-15(2)13-37-14-20(12-33-37)18-7-19(9-21(8-18)40-29(30,31)32)28-35-27(36-41-28)17-4-6-24-23(10-17)22-5-3-16(11-25(38)39)26(22)34-24/h4,6-10,12,14-16,34H,3,5,11,13H2,1-2H3,(H,38,39). The fourth-order valence-corrected chi connectivity index (χ4v) is 5.43. The molecule has 0 saturated carbocycles. The molecule has 3 aromatic heterocycles. The fraction of sp³-hybridized carbons (Fsp3) is 0.310. The highest BCUT2D eigenvalue weighted by Gasteiger charge is 2.32. The van der Waals surface area contributed by atoms with Crippen LogP contribution >= 0.6 is 0 Å². The summed E-state index contributed by atoms with van der Waals surface area (Å²) < 4.78 is 50.9. The quantitative estimate of drug-likeness (QED) is 0.212. The summed E-state index contributed by atoms with van der Waals surface area (Å²) in [5.41, 5.74) is 4.91. The number of fused-ring (bicyclic) bond motifs is 3. The Balaban J connectivity index is 1.34. The van der Waals surface area contributed by atoms with Gasteiger partial charge in [-0.3, -0.25) is 9.48 Å². The Morgan fingerprint density at radius 1 is 1.17 bits per heavy atom. The number of benzene rings is 2. The summed E-state index contributed by atoms with van der Waals surface area (Å²) in [6.07, 6.45) is 0.0582. The zero-order valence-electron chi connectivity index (χ0n) is 22.2. The number of aliphatic carboxylic acids is 1. The largest absolute Gasteiger partial charge is 0.573 e. The van der Waals surface area contributed by atoms with Crippen LogP contribution in [0.4, 0.5) is 13.2 Å². The van der Waals surface area contributed by atoms with E-state index in [-0.39, 0.29) is 29.6 Å². The molecule has 0 amide bonds. The molecule has 1 atom stereocenters. The molecule has 0 aliphatic heterocycles. The van der Waals surface area contributed by atoms with Crippen LogP contribution in [0.5, 0.6) is 5.75 Å². The molecule has 2 N–H and O–H groups in total.